The van der Waals surface area contributed by atoms with E-state index in [0.717, 1.165) is 27.0 Å². The lowest BCUT2D eigenvalue weighted by Crippen LogP contribution is -2.25. The minimum absolute atomic E-state index is 0.0178. The summed E-state index contributed by atoms with van der Waals surface area (Å²) in [4.78, 5) is 28.1. The molecular weight excluding hydrogens is 344 g/mol. The molecule has 0 fully saturated rings. The molecule has 3 aromatic carbocycles. The van der Waals surface area contributed by atoms with Gasteiger partial charge in [0.1, 0.15) is 0 Å². The molecule has 3 aromatic rings. The van der Waals surface area contributed by atoms with Crippen LogP contribution in [-0.4, -0.2) is 24.6 Å². The summed E-state index contributed by atoms with van der Waals surface area (Å²) >= 11 is 1.60. The van der Waals surface area contributed by atoms with Crippen LogP contribution >= 0.6 is 11.8 Å². The average Bonchev–Trinajstić information content (AvgIpc) is 2.96. The van der Waals surface area contributed by atoms with Gasteiger partial charge in [0, 0.05) is 39.0 Å². The van der Waals surface area contributed by atoms with Crippen LogP contribution in [0.25, 0.3) is 10.8 Å². The third-order valence-corrected chi connectivity index (χ3v) is 5.41. The summed E-state index contributed by atoms with van der Waals surface area (Å²) in [7, 11) is 0. The smallest absolute Gasteiger partial charge is 0.258 e. The van der Waals surface area contributed by atoms with Crippen molar-refractivity contribution < 1.29 is 9.59 Å². The van der Waals surface area contributed by atoms with Crippen LogP contribution in [0.5, 0.6) is 0 Å². The monoisotopic (exact) mass is 362 g/mol. The fourth-order valence-electron chi connectivity index (χ4n) is 3.43. The van der Waals surface area contributed by atoms with E-state index in [1.807, 2.05) is 61.7 Å². The van der Waals surface area contributed by atoms with Crippen molar-refractivity contribution in [1.82, 2.24) is 0 Å². The molecule has 2 amide bonds. The Balaban J connectivity index is 1.76. The molecule has 0 aromatic heterocycles. The van der Waals surface area contributed by atoms with Gasteiger partial charge < -0.3 is 10.2 Å². The van der Waals surface area contributed by atoms with E-state index < -0.39 is 0 Å². The highest BCUT2D eigenvalue weighted by molar-refractivity contribution is 7.98. The van der Waals surface area contributed by atoms with Crippen molar-refractivity contribution in [3.63, 3.8) is 0 Å². The first-order valence-corrected chi connectivity index (χ1v) is 9.69. The van der Waals surface area contributed by atoms with E-state index in [1.54, 1.807) is 22.7 Å². The maximum absolute atomic E-state index is 12.7. The molecule has 0 saturated heterocycles. The third-order valence-electron chi connectivity index (χ3n) is 4.68. The van der Waals surface area contributed by atoms with Gasteiger partial charge in [0.2, 0.25) is 0 Å². The van der Waals surface area contributed by atoms with E-state index in [1.165, 1.54) is 0 Å². The molecule has 0 bridgehead atoms. The summed E-state index contributed by atoms with van der Waals surface area (Å²) in [6.07, 6.45) is 1.98. The first-order valence-electron chi connectivity index (χ1n) is 8.47. The average molecular weight is 362 g/mol. The number of carbonyl (C=O) groups is 2. The molecule has 0 spiro atoms. The second kappa shape index (κ2) is 6.50. The van der Waals surface area contributed by atoms with Crippen LogP contribution in [-0.2, 0) is 0 Å². The summed E-state index contributed by atoms with van der Waals surface area (Å²) in [5.74, 6) is -0.137. The highest BCUT2D eigenvalue weighted by Crippen LogP contribution is 2.40. The molecule has 5 heteroatoms. The topological polar surface area (TPSA) is 49.4 Å². The maximum Gasteiger partial charge on any atom is 0.258 e. The Morgan fingerprint density at radius 1 is 1.12 bits per heavy atom. The molecule has 0 aliphatic carbocycles. The first-order chi connectivity index (χ1) is 12.6. The van der Waals surface area contributed by atoms with Gasteiger partial charge in [0.15, 0.2) is 0 Å². The van der Waals surface area contributed by atoms with Crippen LogP contribution in [0, 0.1) is 0 Å². The van der Waals surface area contributed by atoms with Crippen molar-refractivity contribution in [2.75, 3.05) is 23.0 Å². The lowest BCUT2D eigenvalue weighted by Gasteiger charge is -2.15. The zero-order chi connectivity index (χ0) is 18.3. The number of amides is 2. The number of nitrogens with zero attached hydrogens (tertiary/aromatic N) is 1. The number of nitrogens with one attached hydrogen (secondary N) is 1. The number of hydrogen-bond acceptors (Lipinski definition) is 3. The van der Waals surface area contributed by atoms with Crippen LogP contribution in [0.4, 0.5) is 11.4 Å². The standard InChI is InChI=1S/C21H18N2O2S/c1-3-23-18-11-10-17(15-8-5-9-16(19(15)18)21(23)25)22-20(24)13-6-4-7-14(12-13)26-2/h4-12H,3H2,1-2H3,(H,22,24). The van der Waals surface area contributed by atoms with E-state index in [4.69, 9.17) is 0 Å². The molecule has 1 aliphatic heterocycles. The molecule has 0 saturated carbocycles. The Kier molecular flexibility index (Phi) is 4.17. The highest BCUT2D eigenvalue weighted by atomic mass is 32.2. The fourth-order valence-corrected chi connectivity index (χ4v) is 3.89. The molecule has 26 heavy (non-hydrogen) atoms. The zero-order valence-corrected chi connectivity index (χ0v) is 15.4. The normalized spacial score (nSPS) is 12.7. The molecule has 1 N–H and O–H groups in total. The molecule has 1 aliphatic rings. The van der Waals surface area contributed by atoms with Crippen molar-refractivity contribution in [1.29, 1.82) is 0 Å². The second-order valence-corrected chi connectivity index (χ2v) is 6.98. The van der Waals surface area contributed by atoms with Gasteiger partial charge in [-0.3, -0.25) is 9.59 Å². The number of anilines is 2. The summed E-state index contributed by atoms with van der Waals surface area (Å²) in [5, 5.41) is 4.80. The predicted octanol–water partition coefficient (Wildman–Crippen LogP) is 4.79. The first kappa shape index (κ1) is 16.7. The number of benzene rings is 3. The minimum Gasteiger partial charge on any atom is -0.321 e. The largest absolute Gasteiger partial charge is 0.321 e. The molecule has 0 atom stereocenters. The van der Waals surface area contributed by atoms with E-state index in [0.29, 0.717) is 17.7 Å². The quantitative estimate of drug-likeness (QED) is 0.679. The van der Waals surface area contributed by atoms with Gasteiger partial charge in [-0.05, 0) is 49.6 Å². The summed E-state index contributed by atoms with van der Waals surface area (Å²) < 4.78 is 0. The van der Waals surface area contributed by atoms with Gasteiger partial charge in [0.05, 0.1) is 5.69 Å². The third kappa shape index (κ3) is 2.56. The lowest BCUT2D eigenvalue weighted by molar-refractivity contribution is 0.0992. The van der Waals surface area contributed by atoms with Gasteiger partial charge in [-0.25, -0.2) is 0 Å². The Hall–Kier alpha value is -2.79. The van der Waals surface area contributed by atoms with Crippen LogP contribution < -0.4 is 10.2 Å². The SMILES string of the molecule is CCN1C(=O)c2cccc3c(NC(=O)c4cccc(SC)c4)ccc1c23. The van der Waals surface area contributed by atoms with Crippen molar-refractivity contribution in [3.05, 3.63) is 65.7 Å². The minimum atomic E-state index is -0.154. The van der Waals surface area contributed by atoms with Gasteiger partial charge in [-0.2, -0.15) is 0 Å². The predicted molar refractivity (Wildman–Crippen MR) is 107 cm³/mol. The number of rotatable bonds is 4. The fraction of sp³-hybridized carbons (Fsp3) is 0.143. The summed E-state index contributed by atoms with van der Waals surface area (Å²) in [6.45, 7) is 2.58. The van der Waals surface area contributed by atoms with Gasteiger partial charge in [0.25, 0.3) is 11.8 Å². The summed E-state index contributed by atoms with van der Waals surface area (Å²) in [5.41, 5.74) is 2.94. The number of carbonyl (C=O) groups excluding carboxylic acids is 2. The van der Waals surface area contributed by atoms with Crippen LogP contribution in [0.15, 0.2) is 59.5 Å². The van der Waals surface area contributed by atoms with E-state index in [2.05, 4.69) is 5.32 Å². The number of hydrogen-bond donors (Lipinski definition) is 1. The molecular formula is C21H18N2O2S. The molecule has 130 valence electrons. The Labute approximate surface area is 156 Å². The van der Waals surface area contributed by atoms with E-state index in [-0.39, 0.29) is 11.8 Å². The van der Waals surface area contributed by atoms with Crippen LogP contribution in [0.2, 0.25) is 0 Å². The number of thioether (sulfide) groups is 1. The molecule has 0 unspecified atom stereocenters. The van der Waals surface area contributed by atoms with Gasteiger partial charge in [-0.15, -0.1) is 11.8 Å². The second-order valence-electron chi connectivity index (χ2n) is 6.10. The molecule has 0 radical (unpaired) electrons. The van der Waals surface area contributed by atoms with Gasteiger partial charge >= 0.3 is 0 Å². The molecule has 4 nitrogen and oxygen atoms in total. The molecule has 1 heterocycles. The Morgan fingerprint density at radius 3 is 2.69 bits per heavy atom. The Bertz CT molecular complexity index is 1050. The zero-order valence-electron chi connectivity index (χ0n) is 14.6. The van der Waals surface area contributed by atoms with Gasteiger partial charge in [-0.1, -0.05) is 18.2 Å². The van der Waals surface area contributed by atoms with Crippen molar-refractivity contribution in [2.24, 2.45) is 0 Å². The summed E-state index contributed by atoms with van der Waals surface area (Å²) in [6, 6.07) is 17.0. The maximum atomic E-state index is 12.7. The van der Waals surface area contributed by atoms with Crippen molar-refractivity contribution in [3.8, 4) is 0 Å². The van der Waals surface area contributed by atoms with Crippen molar-refractivity contribution in [2.45, 2.75) is 11.8 Å². The Morgan fingerprint density at radius 2 is 1.92 bits per heavy atom. The van der Waals surface area contributed by atoms with E-state index >= 15 is 0 Å². The van der Waals surface area contributed by atoms with E-state index in [9.17, 15) is 9.59 Å². The van der Waals surface area contributed by atoms with Crippen molar-refractivity contribution >= 4 is 45.7 Å². The lowest BCUT2D eigenvalue weighted by atomic mass is 10.0. The highest BCUT2D eigenvalue weighted by Gasteiger charge is 2.29. The van der Waals surface area contributed by atoms with Crippen LogP contribution in [0.1, 0.15) is 27.6 Å². The van der Waals surface area contributed by atoms with Crippen LogP contribution in [0.3, 0.4) is 0 Å². The molecule has 4 rings (SSSR count).